The topological polar surface area (TPSA) is 21.7 Å². The van der Waals surface area contributed by atoms with Crippen LogP contribution in [0.5, 0.6) is 11.5 Å². The molecule has 106 valence electrons. The zero-order valence-corrected chi connectivity index (χ0v) is 11.3. The molecule has 2 aliphatic heterocycles. The lowest BCUT2D eigenvalue weighted by molar-refractivity contribution is 0.146. The summed E-state index contributed by atoms with van der Waals surface area (Å²) in [5, 5.41) is 0. The Balaban J connectivity index is 1.89. The lowest BCUT2D eigenvalue weighted by atomic mass is 10.1. The first kappa shape index (κ1) is 12.4. The van der Waals surface area contributed by atoms with Gasteiger partial charge in [-0.15, -0.1) is 0 Å². The average Bonchev–Trinajstić information content (AvgIpc) is 2.53. The van der Waals surface area contributed by atoms with Gasteiger partial charge in [0, 0.05) is 6.07 Å². The highest BCUT2D eigenvalue weighted by Crippen LogP contribution is 2.47. The van der Waals surface area contributed by atoms with Crippen molar-refractivity contribution >= 4 is 11.4 Å². The Morgan fingerprint density at radius 2 is 1.90 bits per heavy atom. The lowest BCUT2D eigenvalue weighted by Crippen LogP contribution is -2.37. The van der Waals surface area contributed by atoms with Crippen LogP contribution >= 0.6 is 0 Å². The Morgan fingerprint density at radius 1 is 1.05 bits per heavy atom. The van der Waals surface area contributed by atoms with Crippen molar-refractivity contribution in [2.24, 2.45) is 0 Å². The summed E-state index contributed by atoms with van der Waals surface area (Å²) in [4.78, 5) is 2.08. The molecule has 0 amide bonds. The molecule has 4 rings (SSSR count). The van der Waals surface area contributed by atoms with Gasteiger partial charge in [0.1, 0.15) is 5.82 Å². The molecule has 21 heavy (non-hydrogen) atoms. The van der Waals surface area contributed by atoms with E-state index >= 15 is 0 Å². The first-order valence-corrected chi connectivity index (χ1v) is 6.93. The molecule has 0 N–H and O–H groups in total. The minimum absolute atomic E-state index is 0.0318. The number of halogens is 1. The van der Waals surface area contributed by atoms with Crippen LogP contribution < -0.4 is 9.64 Å². The van der Waals surface area contributed by atoms with Gasteiger partial charge in [-0.1, -0.05) is 24.3 Å². The highest BCUT2D eigenvalue weighted by molar-refractivity contribution is 5.79. The molecule has 2 aliphatic rings. The maximum absolute atomic E-state index is 13.7. The molecule has 2 aromatic rings. The summed E-state index contributed by atoms with van der Waals surface area (Å²) in [5.41, 5.74) is 1.66. The number of fused-ring (bicyclic) bond motifs is 2. The molecule has 1 atom stereocenters. The molecule has 0 radical (unpaired) electrons. The van der Waals surface area contributed by atoms with Gasteiger partial charge in [-0.2, -0.15) is 0 Å². The van der Waals surface area contributed by atoms with E-state index in [9.17, 15) is 4.39 Å². The summed E-state index contributed by atoms with van der Waals surface area (Å²) in [6, 6.07) is 12.4. The van der Waals surface area contributed by atoms with Crippen molar-refractivity contribution in [3.63, 3.8) is 0 Å². The van der Waals surface area contributed by atoms with E-state index in [0.29, 0.717) is 19.0 Å². The van der Waals surface area contributed by atoms with Crippen LogP contribution in [0.15, 0.2) is 54.6 Å². The fraction of sp³-hybridized carbons (Fsp3) is 0.176. The van der Waals surface area contributed by atoms with Gasteiger partial charge < -0.3 is 14.4 Å². The second-order valence-corrected chi connectivity index (χ2v) is 5.08. The minimum atomic E-state index is -0.276. The highest BCUT2D eigenvalue weighted by atomic mass is 19.1. The number of hydrogen-bond donors (Lipinski definition) is 0. The van der Waals surface area contributed by atoms with Crippen molar-refractivity contribution in [3.8, 4) is 11.5 Å². The van der Waals surface area contributed by atoms with E-state index in [-0.39, 0.29) is 11.9 Å². The van der Waals surface area contributed by atoms with E-state index < -0.39 is 0 Å². The number of para-hydroxylation sites is 2. The van der Waals surface area contributed by atoms with Crippen LogP contribution in [-0.4, -0.2) is 19.3 Å². The molecule has 2 heterocycles. The van der Waals surface area contributed by atoms with E-state index in [2.05, 4.69) is 11.0 Å². The maximum atomic E-state index is 13.7. The van der Waals surface area contributed by atoms with E-state index in [0.717, 1.165) is 17.1 Å². The van der Waals surface area contributed by atoms with E-state index in [1.807, 2.05) is 30.3 Å². The van der Waals surface area contributed by atoms with Gasteiger partial charge in [0.05, 0.1) is 30.6 Å². The first-order valence-electron chi connectivity index (χ1n) is 6.93. The Labute approximate surface area is 122 Å². The molecule has 0 saturated heterocycles. The van der Waals surface area contributed by atoms with Crippen molar-refractivity contribution in [3.05, 3.63) is 60.4 Å². The third kappa shape index (κ3) is 2.08. The van der Waals surface area contributed by atoms with Crippen LogP contribution in [0.4, 0.5) is 15.8 Å². The van der Waals surface area contributed by atoms with E-state index in [1.54, 1.807) is 6.07 Å². The standard InChI is InChI=1S/C17H14FNO2/c18-12-7-8-17-15(10-12)19(13-4-3-9-20-11-13)14-5-1-2-6-16(14)21-17/h1-8,10,13H,9,11H2/t13-/m1/s1. The van der Waals surface area contributed by atoms with Gasteiger partial charge in [-0.3, -0.25) is 0 Å². The predicted octanol–water partition coefficient (Wildman–Crippen LogP) is 4.02. The van der Waals surface area contributed by atoms with Crippen LogP contribution in [0.2, 0.25) is 0 Å². The summed E-state index contributed by atoms with van der Waals surface area (Å²) < 4.78 is 25.1. The quantitative estimate of drug-likeness (QED) is 0.738. The second kappa shape index (κ2) is 4.90. The van der Waals surface area contributed by atoms with Crippen LogP contribution in [0.3, 0.4) is 0 Å². The summed E-state index contributed by atoms with van der Waals surface area (Å²) in [7, 11) is 0. The van der Waals surface area contributed by atoms with Gasteiger partial charge in [0.15, 0.2) is 11.5 Å². The summed E-state index contributed by atoms with van der Waals surface area (Å²) in [6.45, 7) is 1.19. The van der Waals surface area contributed by atoms with Gasteiger partial charge in [0.2, 0.25) is 0 Å². The molecule has 2 aromatic carbocycles. The van der Waals surface area contributed by atoms with E-state index in [1.165, 1.54) is 12.1 Å². The SMILES string of the molecule is Fc1ccc2c(c1)N([C@@H]1C=CCOC1)c1ccccc1O2. The zero-order chi connectivity index (χ0) is 14.2. The molecule has 0 saturated carbocycles. The van der Waals surface area contributed by atoms with Crippen LogP contribution in [0.25, 0.3) is 0 Å². The molecule has 0 fully saturated rings. The summed E-state index contributed by atoms with van der Waals surface area (Å²) in [5.74, 6) is 1.16. The summed E-state index contributed by atoms with van der Waals surface area (Å²) in [6.07, 6.45) is 4.09. The fourth-order valence-electron chi connectivity index (χ4n) is 2.80. The van der Waals surface area contributed by atoms with Gasteiger partial charge in [0.25, 0.3) is 0 Å². The number of hydrogen-bond acceptors (Lipinski definition) is 3. The van der Waals surface area contributed by atoms with Gasteiger partial charge in [-0.05, 0) is 24.3 Å². The summed E-state index contributed by atoms with van der Waals surface area (Å²) >= 11 is 0. The molecular formula is C17H14FNO2. The zero-order valence-electron chi connectivity index (χ0n) is 11.3. The number of nitrogens with zero attached hydrogens (tertiary/aromatic N) is 1. The highest BCUT2D eigenvalue weighted by Gasteiger charge is 2.30. The number of benzene rings is 2. The number of anilines is 2. The molecule has 0 aliphatic carbocycles. The molecule has 0 aromatic heterocycles. The third-order valence-electron chi connectivity index (χ3n) is 3.72. The molecule has 0 spiro atoms. The van der Waals surface area contributed by atoms with Crippen molar-refractivity contribution in [2.75, 3.05) is 18.1 Å². The lowest BCUT2D eigenvalue weighted by Gasteiger charge is -2.38. The third-order valence-corrected chi connectivity index (χ3v) is 3.72. The number of rotatable bonds is 1. The maximum Gasteiger partial charge on any atom is 0.151 e. The predicted molar refractivity (Wildman–Crippen MR) is 78.8 cm³/mol. The first-order chi connectivity index (χ1) is 10.3. The Kier molecular flexibility index (Phi) is 2.89. The monoisotopic (exact) mass is 283 g/mol. The van der Waals surface area contributed by atoms with Crippen LogP contribution in [0, 0.1) is 5.82 Å². The molecule has 0 unspecified atom stereocenters. The normalized spacial score (nSPS) is 19.7. The van der Waals surface area contributed by atoms with Crippen LogP contribution in [0.1, 0.15) is 0 Å². The van der Waals surface area contributed by atoms with Crippen LogP contribution in [-0.2, 0) is 4.74 Å². The van der Waals surface area contributed by atoms with E-state index in [4.69, 9.17) is 9.47 Å². The average molecular weight is 283 g/mol. The minimum Gasteiger partial charge on any atom is -0.453 e. The smallest absolute Gasteiger partial charge is 0.151 e. The fourth-order valence-corrected chi connectivity index (χ4v) is 2.80. The molecule has 3 nitrogen and oxygen atoms in total. The molecular weight excluding hydrogens is 269 g/mol. The molecule has 0 bridgehead atoms. The van der Waals surface area contributed by atoms with Crippen molar-refractivity contribution < 1.29 is 13.9 Å². The van der Waals surface area contributed by atoms with Crippen molar-refractivity contribution in [2.45, 2.75) is 6.04 Å². The largest absolute Gasteiger partial charge is 0.453 e. The Hall–Kier alpha value is -2.33. The molecule has 4 heteroatoms. The van der Waals surface area contributed by atoms with Crippen molar-refractivity contribution in [1.82, 2.24) is 0 Å². The Morgan fingerprint density at radius 3 is 2.76 bits per heavy atom. The van der Waals surface area contributed by atoms with Crippen molar-refractivity contribution in [1.29, 1.82) is 0 Å². The Bertz CT molecular complexity index is 714. The number of ether oxygens (including phenoxy) is 2. The second-order valence-electron chi connectivity index (χ2n) is 5.08. The van der Waals surface area contributed by atoms with Gasteiger partial charge in [-0.25, -0.2) is 4.39 Å². The van der Waals surface area contributed by atoms with Gasteiger partial charge >= 0.3 is 0 Å².